The zero-order valence-electron chi connectivity index (χ0n) is 14.4. The maximum atomic E-state index is 10.5. The highest BCUT2D eigenvalue weighted by molar-refractivity contribution is 6.32. The van der Waals surface area contributed by atoms with Gasteiger partial charge in [0.15, 0.2) is 0 Å². The minimum Gasteiger partial charge on any atom is -0.506 e. The maximum Gasteiger partial charge on any atom is 0.248 e. The predicted octanol–water partition coefficient (Wildman–Crippen LogP) is 3.29. The number of hydrogen-bond donors (Lipinski definition) is 4. The summed E-state index contributed by atoms with van der Waals surface area (Å²) in [5.41, 5.74) is 12.5. The fraction of sp³-hybridized carbons (Fsp3) is 0.0476. The van der Waals surface area contributed by atoms with Crippen molar-refractivity contribution < 1.29 is 9.90 Å². The van der Waals surface area contributed by atoms with E-state index in [0.717, 1.165) is 21.9 Å². The van der Waals surface area contributed by atoms with Crippen molar-refractivity contribution in [3.05, 3.63) is 76.3 Å². The van der Waals surface area contributed by atoms with Crippen molar-refractivity contribution in [1.29, 1.82) is 5.41 Å². The lowest BCUT2D eigenvalue weighted by Gasteiger charge is -2.03. The quantitative estimate of drug-likeness (QED) is 0.404. The van der Waals surface area contributed by atoms with Crippen molar-refractivity contribution in [1.82, 2.24) is 0 Å². The molecule has 3 rings (SSSR count). The number of carbonyl (C=O) groups is 1. The number of fused-ring (bicyclic) bond motifs is 1. The smallest absolute Gasteiger partial charge is 0.248 e. The molecule has 6 heteroatoms. The summed E-state index contributed by atoms with van der Waals surface area (Å²) in [5.74, 6) is 5.28. The normalized spacial score (nSPS) is 9.56. The zero-order valence-corrected chi connectivity index (χ0v) is 15.1. The fourth-order valence-corrected chi connectivity index (χ4v) is 2.54. The van der Waals surface area contributed by atoms with Crippen LogP contribution in [0.1, 0.15) is 21.5 Å². The SMILES string of the molecule is N=Cc1ccc(C#CCN)c2ccccc12.NC(=O)c1ccc(O)c(Cl)c1. The first-order valence-electron chi connectivity index (χ1n) is 7.97. The number of nitrogens with two attached hydrogens (primary N) is 2. The van der Waals surface area contributed by atoms with Crippen LogP contribution in [-0.4, -0.2) is 23.8 Å². The van der Waals surface area contributed by atoms with E-state index in [1.54, 1.807) is 0 Å². The predicted molar refractivity (Wildman–Crippen MR) is 109 cm³/mol. The summed E-state index contributed by atoms with van der Waals surface area (Å²) in [7, 11) is 0. The van der Waals surface area contributed by atoms with Crippen molar-refractivity contribution in [2.75, 3.05) is 6.54 Å². The van der Waals surface area contributed by atoms with Crippen LogP contribution in [0, 0.1) is 17.3 Å². The molecule has 0 aromatic heterocycles. The monoisotopic (exact) mass is 379 g/mol. The van der Waals surface area contributed by atoms with E-state index >= 15 is 0 Å². The largest absolute Gasteiger partial charge is 0.506 e. The second kappa shape index (κ2) is 9.39. The molecule has 136 valence electrons. The fourth-order valence-electron chi connectivity index (χ4n) is 2.36. The zero-order chi connectivity index (χ0) is 19.8. The van der Waals surface area contributed by atoms with Crippen LogP contribution in [0.25, 0.3) is 10.8 Å². The Morgan fingerprint density at radius 1 is 1.15 bits per heavy atom. The molecule has 1 amide bonds. The van der Waals surface area contributed by atoms with Gasteiger partial charge < -0.3 is 22.0 Å². The molecule has 0 spiro atoms. The summed E-state index contributed by atoms with van der Waals surface area (Å²) in [5, 5.41) is 18.6. The molecule has 5 nitrogen and oxygen atoms in total. The summed E-state index contributed by atoms with van der Waals surface area (Å²) < 4.78 is 0. The number of halogens is 1. The van der Waals surface area contributed by atoms with E-state index in [0.29, 0.717) is 6.54 Å². The van der Waals surface area contributed by atoms with E-state index in [9.17, 15) is 4.79 Å². The Morgan fingerprint density at radius 2 is 1.85 bits per heavy atom. The number of rotatable bonds is 2. The van der Waals surface area contributed by atoms with Crippen molar-refractivity contribution in [3.63, 3.8) is 0 Å². The lowest BCUT2D eigenvalue weighted by Crippen LogP contribution is -2.10. The third-order valence-electron chi connectivity index (χ3n) is 3.67. The molecule has 3 aromatic rings. The highest BCUT2D eigenvalue weighted by Crippen LogP contribution is 2.23. The molecule has 0 saturated heterocycles. The summed E-state index contributed by atoms with van der Waals surface area (Å²) in [6.07, 6.45) is 1.36. The van der Waals surface area contributed by atoms with Crippen LogP contribution >= 0.6 is 11.6 Å². The van der Waals surface area contributed by atoms with Gasteiger partial charge in [0.05, 0.1) is 11.6 Å². The lowest BCUT2D eigenvalue weighted by molar-refractivity contribution is 0.100. The minimum atomic E-state index is -0.563. The van der Waals surface area contributed by atoms with Gasteiger partial charge in [-0.25, -0.2) is 0 Å². The number of hydrogen-bond acceptors (Lipinski definition) is 4. The third-order valence-corrected chi connectivity index (χ3v) is 3.97. The summed E-state index contributed by atoms with van der Waals surface area (Å²) in [6, 6.07) is 15.9. The van der Waals surface area contributed by atoms with Gasteiger partial charge >= 0.3 is 0 Å². The number of primary amides is 1. The van der Waals surface area contributed by atoms with Crippen LogP contribution in [0.4, 0.5) is 0 Å². The molecule has 6 N–H and O–H groups in total. The van der Waals surface area contributed by atoms with Crippen LogP contribution in [0.3, 0.4) is 0 Å². The average Bonchev–Trinajstić information content (AvgIpc) is 2.68. The van der Waals surface area contributed by atoms with Crippen LogP contribution in [0.15, 0.2) is 54.6 Å². The second-order valence-electron chi connectivity index (χ2n) is 5.43. The maximum absolute atomic E-state index is 10.5. The Labute approximate surface area is 162 Å². The Kier molecular flexibility index (Phi) is 6.95. The van der Waals surface area contributed by atoms with E-state index in [-0.39, 0.29) is 16.3 Å². The van der Waals surface area contributed by atoms with Crippen LogP contribution < -0.4 is 11.5 Å². The molecule has 0 aliphatic carbocycles. The van der Waals surface area contributed by atoms with Gasteiger partial charge in [-0.3, -0.25) is 4.79 Å². The molecular formula is C21H18ClN3O2. The molecule has 0 atom stereocenters. The number of benzene rings is 3. The van der Waals surface area contributed by atoms with Crippen molar-refractivity contribution in [2.45, 2.75) is 0 Å². The van der Waals surface area contributed by atoms with Gasteiger partial charge in [-0.2, -0.15) is 0 Å². The van der Waals surface area contributed by atoms with E-state index in [4.69, 9.17) is 33.6 Å². The van der Waals surface area contributed by atoms with Gasteiger partial charge in [-0.15, -0.1) is 0 Å². The van der Waals surface area contributed by atoms with Crippen LogP contribution in [0.5, 0.6) is 5.75 Å². The van der Waals surface area contributed by atoms with Crippen LogP contribution in [0.2, 0.25) is 5.02 Å². The van der Waals surface area contributed by atoms with Crippen LogP contribution in [-0.2, 0) is 0 Å². The minimum absolute atomic E-state index is 0.0586. The van der Waals surface area contributed by atoms with Gasteiger partial charge in [0.1, 0.15) is 5.75 Å². The van der Waals surface area contributed by atoms with Gasteiger partial charge in [0.25, 0.3) is 0 Å². The van der Waals surface area contributed by atoms with E-state index < -0.39 is 5.91 Å². The van der Waals surface area contributed by atoms with Gasteiger partial charge in [-0.1, -0.05) is 53.8 Å². The Bertz CT molecular complexity index is 1050. The molecule has 0 unspecified atom stereocenters. The molecule has 0 bridgehead atoms. The highest BCUT2D eigenvalue weighted by atomic mass is 35.5. The number of phenols is 1. The molecule has 0 heterocycles. The summed E-state index contributed by atoms with van der Waals surface area (Å²) in [6.45, 7) is 0.362. The highest BCUT2D eigenvalue weighted by Gasteiger charge is 2.03. The molecule has 0 saturated carbocycles. The summed E-state index contributed by atoms with van der Waals surface area (Å²) >= 11 is 5.50. The first kappa shape index (κ1) is 20.0. The molecule has 0 aliphatic heterocycles. The van der Waals surface area contributed by atoms with E-state index in [1.165, 1.54) is 24.4 Å². The number of carbonyl (C=O) groups excluding carboxylic acids is 1. The van der Waals surface area contributed by atoms with Gasteiger partial charge in [-0.05, 0) is 40.6 Å². The second-order valence-corrected chi connectivity index (χ2v) is 5.84. The number of nitrogens with one attached hydrogen (secondary N) is 1. The van der Waals surface area contributed by atoms with Crippen molar-refractivity contribution >= 4 is 34.5 Å². The third kappa shape index (κ3) is 5.08. The van der Waals surface area contributed by atoms with Crippen molar-refractivity contribution in [3.8, 4) is 17.6 Å². The molecule has 3 aromatic carbocycles. The van der Waals surface area contributed by atoms with E-state index in [2.05, 4.69) is 11.8 Å². The average molecular weight is 380 g/mol. The summed E-state index contributed by atoms with van der Waals surface area (Å²) in [4.78, 5) is 10.5. The molecular weight excluding hydrogens is 362 g/mol. The molecule has 27 heavy (non-hydrogen) atoms. The molecule has 0 radical (unpaired) electrons. The van der Waals surface area contributed by atoms with Gasteiger partial charge in [0, 0.05) is 17.3 Å². The topological polar surface area (TPSA) is 113 Å². The lowest BCUT2D eigenvalue weighted by atomic mass is 10.0. The molecule has 0 aliphatic rings. The standard InChI is InChI=1S/C14H12N2.C7H6ClNO2/c15-9-3-4-11-7-8-12(10-16)14-6-2-1-5-13(11)14;8-5-3-4(7(9)11)1-2-6(5)10/h1-2,5-8,10,16H,9,15H2;1-3,10H,(H2,9,11). The number of amides is 1. The molecule has 0 fully saturated rings. The first-order chi connectivity index (χ1) is 13.0. The first-order valence-corrected chi connectivity index (χ1v) is 8.35. The van der Waals surface area contributed by atoms with E-state index in [1.807, 2.05) is 36.4 Å². The Morgan fingerprint density at radius 3 is 2.44 bits per heavy atom. The van der Waals surface area contributed by atoms with Crippen molar-refractivity contribution in [2.24, 2.45) is 11.5 Å². The Hall–Kier alpha value is -3.33. The number of aromatic hydroxyl groups is 1. The van der Waals surface area contributed by atoms with Gasteiger partial charge in [0.2, 0.25) is 5.91 Å². The Balaban J connectivity index is 0.000000208. The number of phenolic OH excluding ortho intramolecular Hbond substituents is 1.